The highest BCUT2D eigenvalue weighted by Gasteiger charge is 2.59. The molecular weight excluding hydrogens is 1180 g/mol. The van der Waals surface area contributed by atoms with E-state index in [1.807, 2.05) is 35.5 Å². The standard InChI is InChI=1S/3C21H26F2N4O3/c3*1-12(10-21(14-3-4-14)19(29)24-20(30)25-21)18(28)26-7-8-27(13(2)11-26)15-5-6-16(22)17(23)9-15/h3*5-6,9,12-14H,3-4,7-8,10-11H2,1-2H3,(H2,24,25,29,30)/t12-,13+,21-;2*12-,13-,21-/m100/s1. The number of imide groups is 3. The summed E-state index contributed by atoms with van der Waals surface area (Å²) in [6.07, 6.45) is 5.97. The molecule has 9 aliphatic rings. The lowest BCUT2D eigenvalue weighted by Crippen LogP contribution is -2.56. The van der Waals surface area contributed by atoms with E-state index in [1.54, 1.807) is 35.5 Å². The van der Waals surface area contributed by atoms with Crippen molar-refractivity contribution in [2.24, 2.45) is 35.5 Å². The summed E-state index contributed by atoms with van der Waals surface area (Å²) in [5.41, 5.74) is -1.24. The second kappa shape index (κ2) is 25.6. The first-order chi connectivity index (χ1) is 42.6. The Morgan fingerprint density at radius 3 is 0.844 bits per heavy atom. The van der Waals surface area contributed by atoms with Crippen LogP contribution in [0.4, 0.5) is 57.8 Å². The summed E-state index contributed by atoms with van der Waals surface area (Å²) in [5, 5.41) is 15.3. The first-order valence-electron chi connectivity index (χ1n) is 31.1. The van der Waals surface area contributed by atoms with Crippen molar-refractivity contribution in [3.8, 4) is 0 Å². The number of nitrogens with one attached hydrogen (secondary N) is 6. The quantitative estimate of drug-likeness (QED) is 0.0753. The molecule has 486 valence electrons. The van der Waals surface area contributed by atoms with E-state index in [0.29, 0.717) is 76.0 Å². The zero-order valence-corrected chi connectivity index (χ0v) is 51.2. The number of nitrogens with zero attached hydrogens (tertiary/aromatic N) is 6. The lowest BCUT2D eigenvalue weighted by atomic mass is 9.83. The van der Waals surface area contributed by atoms with Gasteiger partial charge in [0.2, 0.25) is 17.7 Å². The summed E-state index contributed by atoms with van der Waals surface area (Å²) < 4.78 is 80.5. The minimum absolute atomic E-state index is 0.0687. The second-order valence-corrected chi connectivity index (χ2v) is 26.1. The maximum atomic E-state index is 13.6. The van der Waals surface area contributed by atoms with Crippen LogP contribution in [0.1, 0.15) is 99.3 Å². The van der Waals surface area contributed by atoms with Gasteiger partial charge < -0.3 is 45.3 Å². The fraction of sp³-hybridized carbons (Fsp3) is 0.571. The molecule has 6 saturated heterocycles. The molecule has 90 heavy (non-hydrogen) atoms. The molecule has 3 saturated carbocycles. The Morgan fingerprint density at radius 2 is 0.656 bits per heavy atom. The smallest absolute Gasteiger partial charge is 0.322 e. The van der Waals surface area contributed by atoms with Crippen molar-refractivity contribution in [2.45, 2.75) is 134 Å². The second-order valence-electron chi connectivity index (χ2n) is 26.1. The van der Waals surface area contributed by atoms with E-state index >= 15 is 0 Å². The van der Waals surface area contributed by atoms with E-state index in [2.05, 4.69) is 31.9 Å². The van der Waals surface area contributed by atoms with Crippen LogP contribution in [-0.2, 0) is 28.8 Å². The average Bonchev–Trinajstić information content (AvgIpc) is 1.62. The lowest BCUT2D eigenvalue weighted by Gasteiger charge is -2.42. The molecule has 3 aromatic rings. The number of hydrogen-bond acceptors (Lipinski definition) is 12. The third-order valence-corrected chi connectivity index (χ3v) is 19.4. The van der Waals surface area contributed by atoms with Crippen molar-refractivity contribution in [3.05, 3.63) is 89.5 Å². The highest BCUT2D eigenvalue weighted by Crippen LogP contribution is 2.47. The number of urea groups is 3. The van der Waals surface area contributed by atoms with Gasteiger partial charge in [-0.15, -0.1) is 0 Å². The molecule has 0 radical (unpaired) electrons. The number of carbonyl (C=O) groups excluding carboxylic acids is 9. The Hall–Kier alpha value is -8.13. The lowest BCUT2D eigenvalue weighted by molar-refractivity contribution is -0.138. The van der Waals surface area contributed by atoms with Crippen LogP contribution in [0.15, 0.2) is 54.6 Å². The number of amides is 12. The Balaban J connectivity index is 0.000000148. The number of piperazine rings is 3. The maximum Gasteiger partial charge on any atom is 0.322 e. The normalized spacial score (nSPS) is 27.7. The summed E-state index contributed by atoms with van der Waals surface area (Å²) in [5.74, 6) is -7.66. The predicted octanol–water partition coefficient (Wildman–Crippen LogP) is 6.05. The topological polar surface area (TPSA) is 245 Å². The fourth-order valence-corrected chi connectivity index (χ4v) is 14.3. The summed E-state index contributed by atoms with van der Waals surface area (Å²) in [7, 11) is 0. The molecular formula is C63H78F6N12O9. The minimum Gasteiger partial charge on any atom is -0.365 e. The molecule has 27 heteroatoms. The Bertz CT molecular complexity index is 3010. The van der Waals surface area contributed by atoms with E-state index in [9.17, 15) is 69.5 Å². The SMILES string of the molecule is C[C@@H](C[C@@]1(C2CC2)NC(=O)NC1=O)C(=O)N1CCN(c2ccc(F)c(F)c2)[C@@H](C)C1.C[C@@H](C[C@@]1(C2CC2)NC(=O)NC1=O)C(=O)N1CCN(c2ccc(F)c(F)c2)[C@@H](C)C1.C[C@H](C[C@]1(C2CC2)NC(=O)NC1=O)C(=O)N1CCN(c2ccc(F)c(F)c2)[C@@H](C)C1. The van der Waals surface area contributed by atoms with Gasteiger partial charge in [-0.3, -0.25) is 44.7 Å². The predicted molar refractivity (Wildman–Crippen MR) is 317 cm³/mol. The molecule has 6 heterocycles. The third kappa shape index (κ3) is 13.4. The van der Waals surface area contributed by atoms with Crippen LogP contribution in [0.2, 0.25) is 0 Å². The van der Waals surface area contributed by atoms with Gasteiger partial charge in [0.15, 0.2) is 34.9 Å². The van der Waals surface area contributed by atoms with Crippen LogP contribution in [-0.4, -0.2) is 162 Å². The number of anilines is 3. The molecule has 21 nitrogen and oxygen atoms in total. The molecule has 12 amide bonds. The highest BCUT2D eigenvalue weighted by molar-refractivity contribution is 6.09. The molecule has 3 aromatic carbocycles. The van der Waals surface area contributed by atoms with Gasteiger partial charge in [-0.2, -0.15) is 0 Å². The molecule has 3 aliphatic carbocycles. The van der Waals surface area contributed by atoms with Gasteiger partial charge in [0.25, 0.3) is 17.7 Å². The van der Waals surface area contributed by atoms with Gasteiger partial charge in [0.05, 0.1) is 0 Å². The highest BCUT2D eigenvalue weighted by atomic mass is 19.2. The van der Waals surface area contributed by atoms with Crippen LogP contribution in [0.3, 0.4) is 0 Å². The van der Waals surface area contributed by atoms with Gasteiger partial charge in [0.1, 0.15) is 16.6 Å². The van der Waals surface area contributed by atoms with Gasteiger partial charge in [-0.05, 0) is 133 Å². The van der Waals surface area contributed by atoms with Gasteiger partial charge in [-0.1, -0.05) is 20.8 Å². The maximum absolute atomic E-state index is 13.6. The summed E-state index contributed by atoms with van der Waals surface area (Å²) >= 11 is 0. The van der Waals surface area contributed by atoms with Gasteiger partial charge in [-0.25, -0.2) is 40.7 Å². The summed E-state index contributed by atoms with van der Waals surface area (Å²) in [6.45, 7) is 15.3. The molecule has 9 fully saturated rings. The molecule has 0 bridgehead atoms. The van der Waals surface area contributed by atoms with Crippen molar-refractivity contribution in [2.75, 3.05) is 73.6 Å². The Labute approximate surface area is 517 Å². The zero-order chi connectivity index (χ0) is 64.9. The van der Waals surface area contributed by atoms with E-state index in [1.165, 1.54) is 36.4 Å². The summed E-state index contributed by atoms with van der Waals surface area (Å²) in [6, 6.07) is 9.72. The van der Waals surface area contributed by atoms with Crippen molar-refractivity contribution >= 4 is 70.6 Å². The number of hydrogen-bond donors (Lipinski definition) is 6. The van der Waals surface area contributed by atoms with Crippen molar-refractivity contribution < 1.29 is 69.5 Å². The Morgan fingerprint density at radius 1 is 0.411 bits per heavy atom. The fourth-order valence-electron chi connectivity index (χ4n) is 14.3. The number of benzene rings is 3. The molecule has 0 unspecified atom stereocenters. The van der Waals surface area contributed by atoms with E-state index in [4.69, 9.17) is 0 Å². The Kier molecular flexibility index (Phi) is 18.5. The first kappa shape index (κ1) is 64.8. The largest absolute Gasteiger partial charge is 0.365 e. The molecule has 0 spiro atoms. The van der Waals surface area contributed by atoms with Gasteiger partial charge >= 0.3 is 18.1 Å². The van der Waals surface area contributed by atoms with E-state index in [0.717, 1.165) is 56.7 Å². The zero-order valence-electron chi connectivity index (χ0n) is 51.2. The molecule has 12 rings (SSSR count). The van der Waals surface area contributed by atoms with Crippen molar-refractivity contribution in [1.82, 2.24) is 46.6 Å². The molecule has 6 aliphatic heterocycles. The van der Waals surface area contributed by atoms with Crippen molar-refractivity contribution in [3.63, 3.8) is 0 Å². The average molecular weight is 1260 g/mol. The van der Waals surface area contributed by atoms with Crippen LogP contribution in [0.5, 0.6) is 0 Å². The third-order valence-electron chi connectivity index (χ3n) is 19.4. The first-order valence-corrected chi connectivity index (χ1v) is 31.1. The number of rotatable bonds is 15. The van der Waals surface area contributed by atoms with E-state index in [-0.39, 0.29) is 90.6 Å². The number of carbonyl (C=O) groups is 9. The molecule has 0 aromatic heterocycles. The van der Waals surface area contributed by atoms with Gasteiger partial charge in [0, 0.05) is 130 Å². The molecule has 9 atom stereocenters. The summed E-state index contributed by atoms with van der Waals surface area (Å²) in [4.78, 5) is 123. The monoisotopic (exact) mass is 1260 g/mol. The van der Waals surface area contributed by atoms with E-state index < -0.39 is 87.4 Å². The minimum atomic E-state index is -0.995. The van der Waals surface area contributed by atoms with Crippen LogP contribution in [0.25, 0.3) is 0 Å². The molecule has 6 N–H and O–H groups in total. The van der Waals surface area contributed by atoms with Crippen LogP contribution >= 0.6 is 0 Å². The van der Waals surface area contributed by atoms with Crippen LogP contribution in [0, 0.1) is 70.4 Å². The van der Waals surface area contributed by atoms with Crippen LogP contribution < -0.4 is 46.6 Å². The number of halogens is 6. The van der Waals surface area contributed by atoms with Crippen molar-refractivity contribution in [1.29, 1.82) is 0 Å².